The Morgan fingerprint density at radius 2 is 2.00 bits per heavy atom. The number of piperidine rings is 1. The maximum atomic E-state index is 13.4. The van der Waals surface area contributed by atoms with E-state index in [1.165, 1.54) is 21.8 Å². The maximum absolute atomic E-state index is 13.4. The van der Waals surface area contributed by atoms with Gasteiger partial charge in [0.2, 0.25) is 11.9 Å². The molecule has 4 heterocycles. The van der Waals surface area contributed by atoms with Crippen molar-refractivity contribution in [3.8, 4) is 0 Å². The van der Waals surface area contributed by atoms with Crippen LogP contribution in [0.3, 0.4) is 0 Å². The molecule has 4 aromatic rings. The Balaban J connectivity index is 1.37. The lowest BCUT2D eigenvalue weighted by Gasteiger charge is -2.34. The minimum Gasteiger partial charge on any atom is -0.355 e. The number of aryl methyl sites for hydroxylation is 1. The van der Waals surface area contributed by atoms with Crippen LogP contribution in [0.1, 0.15) is 28.8 Å². The number of amides is 1. The van der Waals surface area contributed by atoms with Crippen molar-refractivity contribution in [3.05, 3.63) is 79.6 Å². The van der Waals surface area contributed by atoms with Crippen molar-refractivity contribution >= 4 is 44.7 Å². The second-order valence-corrected chi connectivity index (χ2v) is 10.8. The molecule has 6 nitrogen and oxygen atoms in total. The van der Waals surface area contributed by atoms with E-state index in [-0.39, 0.29) is 17.4 Å². The molecule has 0 unspecified atom stereocenters. The fourth-order valence-electron chi connectivity index (χ4n) is 4.47. The lowest BCUT2D eigenvalue weighted by molar-refractivity contribution is -0.125. The highest BCUT2D eigenvalue weighted by Gasteiger charge is 2.28. The molecule has 1 N–H and O–H groups in total. The first-order valence-electron chi connectivity index (χ1n) is 11.7. The number of nitrogens with one attached hydrogen (secondary N) is 1. The minimum atomic E-state index is -0.111. The Morgan fingerprint density at radius 1 is 1.15 bits per heavy atom. The van der Waals surface area contributed by atoms with Crippen LogP contribution in [0.25, 0.3) is 10.2 Å². The van der Waals surface area contributed by atoms with Crippen LogP contribution in [0, 0.1) is 12.8 Å². The average molecular weight is 493 g/mol. The molecular weight excluding hydrogens is 464 g/mol. The van der Waals surface area contributed by atoms with Gasteiger partial charge >= 0.3 is 0 Å². The van der Waals surface area contributed by atoms with Crippen LogP contribution >= 0.6 is 22.7 Å². The van der Waals surface area contributed by atoms with Crippen molar-refractivity contribution in [2.24, 2.45) is 5.92 Å². The number of thiophene rings is 2. The third-order valence-corrected chi connectivity index (χ3v) is 8.16. The van der Waals surface area contributed by atoms with Crippen molar-refractivity contribution < 1.29 is 4.79 Å². The summed E-state index contributed by atoms with van der Waals surface area (Å²) in [6, 6.07) is 14.3. The van der Waals surface area contributed by atoms with E-state index in [4.69, 9.17) is 4.98 Å². The number of hydrogen-bond acceptors (Lipinski definition) is 6. The van der Waals surface area contributed by atoms with Crippen LogP contribution in [0.15, 0.2) is 58.0 Å². The molecule has 0 aliphatic carbocycles. The van der Waals surface area contributed by atoms with Gasteiger partial charge in [0.25, 0.3) is 5.56 Å². The molecular formula is C26H28N4O2S2. The average Bonchev–Trinajstić information content (AvgIpc) is 3.54. The van der Waals surface area contributed by atoms with Gasteiger partial charge in [0, 0.05) is 24.5 Å². The highest BCUT2D eigenvalue weighted by molar-refractivity contribution is 7.17. The van der Waals surface area contributed by atoms with E-state index in [9.17, 15) is 9.59 Å². The standard InChI is InChI=1S/C26H28N4O2S2/c1-18-6-8-19(9-7-18)16-30-25(32)23-22(11-15-34-23)28-26(30)29-13-2-4-20(17-29)24(31)27-12-10-21-5-3-14-33-21/h3,5-9,11,14-15,20H,2,4,10,12-13,16-17H2,1H3,(H,27,31)/t20-/m1/s1. The van der Waals surface area contributed by atoms with Crippen molar-refractivity contribution in [2.75, 3.05) is 24.5 Å². The first kappa shape index (κ1) is 22.8. The summed E-state index contributed by atoms with van der Waals surface area (Å²) in [5.74, 6) is 0.637. The van der Waals surface area contributed by atoms with Gasteiger partial charge in [-0.2, -0.15) is 0 Å². The largest absolute Gasteiger partial charge is 0.355 e. The van der Waals surface area contributed by atoms with E-state index in [2.05, 4.69) is 52.9 Å². The molecule has 0 bridgehead atoms. The monoisotopic (exact) mass is 492 g/mol. The predicted molar refractivity (Wildman–Crippen MR) is 140 cm³/mol. The summed E-state index contributed by atoms with van der Waals surface area (Å²) in [4.78, 5) is 34.6. The van der Waals surface area contributed by atoms with Gasteiger partial charge in [-0.3, -0.25) is 14.2 Å². The molecule has 0 saturated carbocycles. The van der Waals surface area contributed by atoms with Gasteiger partial charge in [0.15, 0.2) is 0 Å². The lowest BCUT2D eigenvalue weighted by atomic mass is 9.97. The van der Waals surface area contributed by atoms with Crippen molar-refractivity contribution in [1.82, 2.24) is 14.9 Å². The molecule has 3 aromatic heterocycles. The van der Waals surface area contributed by atoms with Gasteiger partial charge < -0.3 is 10.2 Å². The van der Waals surface area contributed by atoms with Gasteiger partial charge in [-0.15, -0.1) is 22.7 Å². The number of benzene rings is 1. The number of carbonyl (C=O) groups excluding carboxylic acids is 1. The maximum Gasteiger partial charge on any atom is 0.273 e. The second-order valence-electron chi connectivity index (χ2n) is 8.83. The number of nitrogens with zero attached hydrogens (tertiary/aromatic N) is 3. The SMILES string of the molecule is Cc1ccc(Cn2c(N3CCC[C@@H](C(=O)NCCc4cccs4)C3)nc3ccsc3c2=O)cc1. The number of aromatic nitrogens is 2. The van der Waals surface area contributed by atoms with Crippen LogP contribution in [-0.2, 0) is 17.8 Å². The molecule has 1 atom stereocenters. The molecule has 0 spiro atoms. The van der Waals surface area contributed by atoms with E-state index in [1.54, 1.807) is 15.9 Å². The van der Waals surface area contributed by atoms with E-state index in [1.807, 2.05) is 17.5 Å². The minimum absolute atomic E-state index is 0.0157. The van der Waals surface area contributed by atoms with Crippen LogP contribution in [-0.4, -0.2) is 35.1 Å². The van der Waals surface area contributed by atoms with Gasteiger partial charge in [0.05, 0.1) is 18.0 Å². The molecule has 1 aromatic carbocycles. The summed E-state index contributed by atoms with van der Waals surface area (Å²) in [5.41, 5.74) is 2.96. The molecule has 5 rings (SSSR count). The second kappa shape index (κ2) is 10.1. The predicted octanol–water partition coefficient (Wildman–Crippen LogP) is 4.45. The van der Waals surface area contributed by atoms with Gasteiger partial charge in [-0.25, -0.2) is 4.98 Å². The molecule has 1 amide bonds. The highest BCUT2D eigenvalue weighted by Crippen LogP contribution is 2.25. The summed E-state index contributed by atoms with van der Waals surface area (Å²) in [6.45, 7) is 4.52. The summed E-state index contributed by atoms with van der Waals surface area (Å²) >= 11 is 3.15. The number of fused-ring (bicyclic) bond motifs is 1. The Kier molecular flexibility index (Phi) is 6.78. The number of rotatable bonds is 7. The van der Waals surface area contributed by atoms with Gasteiger partial charge in [-0.1, -0.05) is 35.9 Å². The van der Waals surface area contributed by atoms with Crippen molar-refractivity contribution in [2.45, 2.75) is 32.7 Å². The number of anilines is 1. The Labute approximate surface area is 206 Å². The van der Waals surface area contributed by atoms with E-state index in [0.717, 1.165) is 36.9 Å². The summed E-state index contributed by atoms with van der Waals surface area (Å²) in [6.07, 6.45) is 2.60. The van der Waals surface area contributed by atoms with E-state index < -0.39 is 0 Å². The van der Waals surface area contributed by atoms with E-state index >= 15 is 0 Å². The number of carbonyl (C=O) groups is 1. The quantitative estimate of drug-likeness (QED) is 0.414. The first-order valence-corrected chi connectivity index (χ1v) is 13.4. The zero-order valence-corrected chi connectivity index (χ0v) is 20.8. The molecule has 176 valence electrons. The lowest BCUT2D eigenvalue weighted by Crippen LogP contribution is -2.45. The molecule has 1 fully saturated rings. The highest BCUT2D eigenvalue weighted by atomic mass is 32.1. The van der Waals surface area contributed by atoms with Gasteiger partial charge in [-0.05, 0) is 54.6 Å². The molecule has 8 heteroatoms. The topological polar surface area (TPSA) is 67.2 Å². The third-order valence-electron chi connectivity index (χ3n) is 6.33. The normalized spacial score (nSPS) is 16.1. The fraction of sp³-hybridized carbons (Fsp3) is 0.346. The third kappa shape index (κ3) is 4.93. The van der Waals surface area contributed by atoms with Crippen LogP contribution in [0.5, 0.6) is 0 Å². The Morgan fingerprint density at radius 3 is 2.79 bits per heavy atom. The smallest absolute Gasteiger partial charge is 0.273 e. The Bertz CT molecular complexity index is 1330. The number of hydrogen-bond donors (Lipinski definition) is 1. The molecule has 1 aliphatic heterocycles. The molecule has 1 saturated heterocycles. The van der Waals surface area contributed by atoms with E-state index in [0.29, 0.717) is 30.3 Å². The van der Waals surface area contributed by atoms with Gasteiger partial charge in [0.1, 0.15) is 4.70 Å². The van der Waals surface area contributed by atoms with Crippen LogP contribution < -0.4 is 15.8 Å². The molecule has 34 heavy (non-hydrogen) atoms. The summed E-state index contributed by atoms with van der Waals surface area (Å²) in [5, 5.41) is 7.09. The first-order chi connectivity index (χ1) is 16.6. The van der Waals surface area contributed by atoms with Crippen molar-refractivity contribution in [3.63, 3.8) is 0 Å². The molecule has 0 radical (unpaired) electrons. The zero-order chi connectivity index (χ0) is 23.5. The Hall–Kier alpha value is -2.97. The molecule has 1 aliphatic rings. The fourth-order valence-corrected chi connectivity index (χ4v) is 5.96. The summed E-state index contributed by atoms with van der Waals surface area (Å²) in [7, 11) is 0. The zero-order valence-electron chi connectivity index (χ0n) is 19.2. The summed E-state index contributed by atoms with van der Waals surface area (Å²) < 4.78 is 2.45. The van der Waals surface area contributed by atoms with Crippen LogP contribution in [0.2, 0.25) is 0 Å². The van der Waals surface area contributed by atoms with Crippen molar-refractivity contribution in [1.29, 1.82) is 0 Å². The van der Waals surface area contributed by atoms with Crippen LogP contribution in [0.4, 0.5) is 5.95 Å².